The predicted octanol–water partition coefficient (Wildman–Crippen LogP) is 5.28. The van der Waals surface area contributed by atoms with Gasteiger partial charge in [0.05, 0.1) is 13.2 Å². The van der Waals surface area contributed by atoms with Gasteiger partial charge in [0.2, 0.25) is 0 Å². The lowest BCUT2D eigenvalue weighted by atomic mass is 9.98. The van der Waals surface area contributed by atoms with Gasteiger partial charge in [-0.05, 0) is 29.5 Å². The second kappa shape index (κ2) is 8.96. The quantitative estimate of drug-likeness (QED) is 0.552. The highest BCUT2D eigenvalue weighted by Gasteiger charge is 2.14. The molecule has 0 aliphatic carbocycles. The molecule has 3 aromatic carbocycles. The van der Waals surface area contributed by atoms with Crippen molar-refractivity contribution >= 4 is 5.78 Å². The number of carbonyl (C=O) groups is 1. The highest BCUT2D eigenvalue weighted by Crippen LogP contribution is 2.22. The molecule has 0 N–H and O–H groups in total. The van der Waals surface area contributed by atoms with Gasteiger partial charge in [-0.1, -0.05) is 78.9 Å². The van der Waals surface area contributed by atoms with Crippen LogP contribution in [0.2, 0.25) is 0 Å². The van der Waals surface area contributed by atoms with Crippen LogP contribution >= 0.6 is 0 Å². The standard InChI is InChI=1S/C25H24O3/c26-25(22-5-2-1-3-6-22)23-14-12-21(13-15-23)20-10-7-19(8-11-20)9-16-24-27-17-4-18-28-24/h1-3,5-8,10-15,24H,4,9,16-18H2. The largest absolute Gasteiger partial charge is 0.353 e. The molecule has 0 radical (unpaired) electrons. The maximum atomic E-state index is 12.5. The Bertz CT molecular complexity index is 893. The zero-order valence-corrected chi connectivity index (χ0v) is 15.8. The molecule has 0 unspecified atom stereocenters. The smallest absolute Gasteiger partial charge is 0.193 e. The monoisotopic (exact) mass is 372 g/mol. The summed E-state index contributed by atoms with van der Waals surface area (Å²) in [7, 11) is 0. The summed E-state index contributed by atoms with van der Waals surface area (Å²) in [4.78, 5) is 12.5. The Kier molecular flexibility index (Phi) is 5.95. The summed E-state index contributed by atoms with van der Waals surface area (Å²) < 4.78 is 11.2. The third-order valence-corrected chi connectivity index (χ3v) is 5.04. The molecular weight excluding hydrogens is 348 g/mol. The van der Waals surface area contributed by atoms with Gasteiger partial charge in [-0.2, -0.15) is 0 Å². The van der Waals surface area contributed by atoms with Crippen molar-refractivity contribution in [3.63, 3.8) is 0 Å². The highest BCUT2D eigenvalue weighted by atomic mass is 16.7. The molecule has 28 heavy (non-hydrogen) atoms. The van der Waals surface area contributed by atoms with Crippen molar-refractivity contribution in [2.75, 3.05) is 13.2 Å². The average molecular weight is 372 g/mol. The van der Waals surface area contributed by atoms with Gasteiger partial charge in [-0.15, -0.1) is 0 Å². The molecule has 142 valence electrons. The Morgan fingerprint density at radius 1 is 0.750 bits per heavy atom. The molecule has 1 aliphatic rings. The van der Waals surface area contributed by atoms with Crippen molar-refractivity contribution in [1.29, 1.82) is 0 Å². The summed E-state index contributed by atoms with van der Waals surface area (Å²) in [5, 5.41) is 0. The van der Waals surface area contributed by atoms with Crippen molar-refractivity contribution in [1.82, 2.24) is 0 Å². The molecule has 0 spiro atoms. The molecule has 3 aromatic rings. The lowest BCUT2D eigenvalue weighted by molar-refractivity contribution is -0.180. The van der Waals surface area contributed by atoms with Crippen LogP contribution in [-0.4, -0.2) is 25.3 Å². The fourth-order valence-electron chi connectivity index (χ4n) is 3.42. The summed E-state index contributed by atoms with van der Waals surface area (Å²) in [6.07, 6.45) is 2.74. The fourth-order valence-corrected chi connectivity index (χ4v) is 3.42. The molecule has 1 fully saturated rings. The maximum Gasteiger partial charge on any atom is 0.193 e. The van der Waals surface area contributed by atoms with E-state index in [0.29, 0.717) is 11.1 Å². The van der Waals surface area contributed by atoms with E-state index in [1.807, 2.05) is 54.6 Å². The predicted molar refractivity (Wildman–Crippen MR) is 110 cm³/mol. The van der Waals surface area contributed by atoms with E-state index in [4.69, 9.17) is 9.47 Å². The van der Waals surface area contributed by atoms with Crippen LogP contribution in [0.5, 0.6) is 0 Å². The zero-order chi connectivity index (χ0) is 19.2. The lowest BCUT2D eigenvalue weighted by Gasteiger charge is -2.23. The number of hydrogen-bond donors (Lipinski definition) is 0. The number of benzene rings is 3. The fraction of sp³-hybridized carbons (Fsp3) is 0.240. The van der Waals surface area contributed by atoms with E-state index in [1.54, 1.807) is 0 Å². The van der Waals surface area contributed by atoms with Crippen LogP contribution < -0.4 is 0 Å². The van der Waals surface area contributed by atoms with E-state index >= 15 is 0 Å². The molecule has 1 heterocycles. The number of ketones is 1. The van der Waals surface area contributed by atoms with Crippen molar-refractivity contribution in [3.05, 3.63) is 95.6 Å². The summed E-state index contributed by atoms with van der Waals surface area (Å²) in [6.45, 7) is 1.60. The normalized spacial score (nSPS) is 14.7. The van der Waals surface area contributed by atoms with E-state index in [1.165, 1.54) is 5.56 Å². The minimum Gasteiger partial charge on any atom is -0.353 e. The van der Waals surface area contributed by atoms with Gasteiger partial charge in [0.25, 0.3) is 0 Å². The molecule has 0 aromatic heterocycles. The number of ether oxygens (including phenoxy) is 2. The van der Waals surface area contributed by atoms with E-state index in [2.05, 4.69) is 24.3 Å². The Balaban J connectivity index is 1.39. The first-order valence-corrected chi connectivity index (χ1v) is 9.82. The number of hydrogen-bond acceptors (Lipinski definition) is 3. The van der Waals surface area contributed by atoms with Gasteiger partial charge in [0, 0.05) is 17.5 Å². The second-order valence-electron chi connectivity index (χ2n) is 7.03. The lowest BCUT2D eigenvalue weighted by Crippen LogP contribution is -2.25. The first kappa shape index (κ1) is 18.6. The molecular formula is C25H24O3. The molecule has 0 amide bonds. The van der Waals surface area contributed by atoms with Crippen molar-refractivity contribution in [3.8, 4) is 11.1 Å². The van der Waals surface area contributed by atoms with Gasteiger partial charge in [-0.3, -0.25) is 4.79 Å². The van der Waals surface area contributed by atoms with Crippen LogP contribution in [0.25, 0.3) is 11.1 Å². The van der Waals surface area contributed by atoms with Crippen molar-refractivity contribution in [2.45, 2.75) is 25.6 Å². The average Bonchev–Trinajstić information content (AvgIpc) is 2.79. The van der Waals surface area contributed by atoms with Crippen LogP contribution in [0.3, 0.4) is 0 Å². The van der Waals surface area contributed by atoms with E-state index in [-0.39, 0.29) is 12.1 Å². The Hall–Kier alpha value is -2.75. The summed E-state index contributed by atoms with van der Waals surface area (Å²) >= 11 is 0. The van der Waals surface area contributed by atoms with Crippen LogP contribution in [0, 0.1) is 0 Å². The third kappa shape index (κ3) is 4.56. The maximum absolute atomic E-state index is 12.5. The Labute approximate surface area is 165 Å². The van der Waals surface area contributed by atoms with Gasteiger partial charge in [-0.25, -0.2) is 0 Å². The Morgan fingerprint density at radius 3 is 1.96 bits per heavy atom. The van der Waals surface area contributed by atoms with Crippen LogP contribution in [0.15, 0.2) is 78.9 Å². The minimum atomic E-state index is -0.0666. The molecule has 3 nitrogen and oxygen atoms in total. The molecule has 1 aliphatic heterocycles. The molecule has 1 saturated heterocycles. The highest BCUT2D eigenvalue weighted by molar-refractivity contribution is 6.09. The number of aryl methyl sites for hydroxylation is 1. The first-order valence-electron chi connectivity index (χ1n) is 9.82. The van der Waals surface area contributed by atoms with E-state index in [0.717, 1.165) is 43.6 Å². The first-order chi connectivity index (χ1) is 13.8. The van der Waals surface area contributed by atoms with Gasteiger partial charge >= 0.3 is 0 Å². The van der Waals surface area contributed by atoms with Gasteiger partial charge in [0.15, 0.2) is 12.1 Å². The minimum absolute atomic E-state index is 0.0506. The summed E-state index contributed by atoms with van der Waals surface area (Å²) in [5.74, 6) is 0.0506. The topological polar surface area (TPSA) is 35.5 Å². The van der Waals surface area contributed by atoms with Gasteiger partial charge < -0.3 is 9.47 Å². The second-order valence-corrected chi connectivity index (χ2v) is 7.03. The summed E-state index contributed by atoms with van der Waals surface area (Å²) in [6, 6.07) is 25.8. The zero-order valence-electron chi connectivity index (χ0n) is 15.8. The molecule has 0 bridgehead atoms. The SMILES string of the molecule is O=C(c1ccccc1)c1ccc(-c2ccc(CCC3OCCCO3)cc2)cc1. The summed E-state index contributed by atoms with van der Waals surface area (Å²) in [5.41, 5.74) is 4.95. The van der Waals surface area contributed by atoms with E-state index in [9.17, 15) is 4.79 Å². The molecule has 0 atom stereocenters. The molecule has 4 rings (SSSR count). The number of rotatable bonds is 6. The van der Waals surface area contributed by atoms with Crippen molar-refractivity contribution in [2.24, 2.45) is 0 Å². The molecule has 3 heteroatoms. The van der Waals surface area contributed by atoms with E-state index < -0.39 is 0 Å². The Morgan fingerprint density at radius 2 is 1.32 bits per heavy atom. The van der Waals surface area contributed by atoms with Crippen LogP contribution in [0.1, 0.15) is 34.3 Å². The molecule has 0 saturated carbocycles. The third-order valence-electron chi connectivity index (χ3n) is 5.04. The van der Waals surface area contributed by atoms with Gasteiger partial charge in [0.1, 0.15) is 0 Å². The van der Waals surface area contributed by atoms with Crippen molar-refractivity contribution < 1.29 is 14.3 Å². The number of carbonyl (C=O) groups excluding carboxylic acids is 1. The van der Waals surface area contributed by atoms with Crippen LogP contribution in [0.4, 0.5) is 0 Å². The van der Waals surface area contributed by atoms with Crippen LogP contribution in [-0.2, 0) is 15.9 Å².